The molecule has 2 heterocycles. The van der Waals surface area contributed by atoms with Gasteiger partial charge in [-0.25, -0.2) is 9.79 Å². The van der Waals surface area contributed by atoms with Crippen LogP contribution in [0.25, 0.3) is 6.08 Å². The summed E-state index contributed by atoms with van der Waals surface area (Å²) < 4.78 is 30.0. The van der Waals surface area contributed by atoms with Crippen molar-refractivity contribution in [3.8, 4) is 23.0 Å². The number of hydrogen-bond acceptors (Lipinski definition) is 9. The number of hydrogen-bond donors (Lipinski definition) is 0. The van der Waals surface area contributed by atoms with Crippen molar-refractivity contribution in [2.75, 3.05) is 34.0 Å². The largest absolute Gasteiger partial charge is 0.493 e. The summed E-state index contributed by atoms with van der Waals surface area (Å²) >= 11 is 1.24. The molecule has 10 heteroatoms. The van der Waals surface area contributed by atoms with Gasteiger partial charge in [0.05, 0.1) is 49.8 Å². The van der Waals surface area contributed by atoms with Crippen LogP contribution >= 0.6 is 11.3 Å². The fraction of sp³-hybridized carbons (Fsp3) is 0.345. The van der Waals surface area contributed by atoms with Gasteiger partial charge in [0.1, 0.15) is 6.04 Å². The summed E-state index contributed by atoms with van der Waals surface area (Å²) in [6.07, 6.45) is 1.78. The Bertz CT molecular complexity index is 1590. The maximum atomic E-state index is 14.0. The molecular formula is C29H32N2O7S. The molecule has 4 rings (SSSR count). The third-order valence-corrected chi connectivity index (χ3v) is 7.10. The lowest BCUT2D eigenvalue weighted by molar-refractivity contribution is -0.139. The van der Waals surface area contributed by atoms with Gasteiger partial charge in [0.2, 0.25) is 0 Å². The minimum Gasteiger partial charge on any atom is -0.493 e. The second kappa shape index (κ2) is 12.2. The van der Waals surface area contributed by atoms with Gasteiger partial charge in [-0.1, -0.05) is 29.5 Å². The van der Waals surface area contributed by atoms with Gasteiger partial charge in [-0.3, -0.25) is 9.36 Å². The number of benzene rings is 2. The number of rotatable bonds is 10. The third kappa shape index (κ3) is 5.42. The van der Waals surface area contributed by atoms with Crippen molar-refractivity contribution in [1.29, 1.82) is 0 Å². The summed E-state index contributed by atoms with van der Waals surface area (Å²) in [5.41, 5.74) is 1.81. The molecule has 1 aromatic heterocycles. The first-order valence-electron chi connectivity index (χ1n) is 12.7. The van der Waals surface area contributed by atoms with E-state index in [0.717, 1.165) is 5.56 Å². The molecule has 0 spiro atoms. The topological polar surface area (TPSA) is 97.6 Å². The Morgan fingerprint density at radius 1 is 1.00 bits per heavy atom. The van der Waals surface area contributed by atoms with Crippen molar-refractivity contribution in [3.05, 3.63) is 78.5 Å². The van der Waals surface area contributed by atoms with Crippen LogP contribution in [-0.4, -0.2) is 44.6 Å². The summed E-state index contributed by atoms with van der Waals surface area (Å²) in [5, 5.41) is 0. The smallest absolute Gasteiger partial charge is 0.338 e. The van der Waals surface area contributed by atoms with Crippen LogP contribution in [0.4, 0.5) is 0 Å². The molecule has 1 aliphatic rings. The standard InChI is InChI=1S/C29H32N2O7S/c1-7-36-20-14-13-18(15-22(20)35-6)16-23-27(32)31-25(19-11-10-12-21(34-5)26(19)37-8-2)24(28(33)38-9-3)17(4)30-29(31)39-23/h10-16,25H,7-9H2,1-6H3/b23-16+/t25-/m1/s1. The van der Waals surface area contributed by atoms with E-state index in [-0.39, 0.29) is 17.7 Å². The van der Waals surface area contributed by atoms with E-state index in [1.165, 1.54) is 15.9 Å². The molecule has 0 N–H and O–H groups in total. The molecule has 1 atom stereocenters. The van der Waals surface area contributed by atoms with E-state index in [1.54, 1.807) is 46.3 Å². The Morgan fingerprint density at radius 2 is 1.74 bits per heavy atom. The number of methoxy groups -OCH3 is 2. The monoisotopic (exact) mass is 552 g/mol. The van der Waals surface area contributed by atoms with Crippen molar-refractivity contribution in [1.82, 2.24) is 4.57 Å². The number of thiazole rings is 1. The molecule has 206 valence electrons. The fourth-order valence-electron chi connectivity index (χ4n) is 4.49. The number of esters is 1. The van der Waals surface area contributed by atoms with E-state index in [2.05, 4.69) is 4.99 Å². The molecule has 0 saturated carbocycles. The molecule has 1 aliphatic heterocycles. The first-order chi connectivity index (χ1) is 18.9. The van der Waals surface area contributed by atoms with Gasteiger partial charge >= 0.3 is 5.97 Å². The van der Waals surface area contributed by atoms with Crippen LogP contribution in [0.15, 0.2) is 57.5 Å². The average Bonchev–Trinajstić information content (AvgIpc) is 3.23. The van der Waals surface area contributed by atoms with Crippen molar-refractivity contribution < 1.29 is 28.5 Å². The average molecular weight is 553 g/mol. The number of carbonyl (C=O) groups excluding carboxylic acids is 1. The second-order valence-electron chi connectivity index (χ2n) is 8.46. The number of carbonyl (C=O) groups is 1. The Balaban J connectivity index is 1.97. The van der Waals surface area contributed by atoms with Gasteiger partial charge in [0.25, 0.3) is 5.56 Å². The normalized spacial score (nSPS) is 14.9. The predicted octanol–water partition coefficient (Wildman–Crippen LogP) is 3.61. The lowest BCUT2D eigenvalue weighted by Gasteiger charge is -2.26. The van der Waals surface area contributed by atoms with E-state index in [1.807, 2.05) is 38.1 Å². The number of fused-ring (bicyclic) bond motifs is 1. The maximum absolute atomic E-state index is 14.0. The molecular weight excluding hydrogens is 520 g/mol. The van der Waals surface area contributed by atoms with E-state index < -0.39 is 12.0 Å². The third-order valence-electron chi connectivity index (χ3n) is 6.11. The first kappa shape index (κ1) is 28.0. The molecule has 3 aromatic rings. The highest BCUT2D eigenvalue weighted by molar-refractivity contribution is 7.07. The van der Waals surface area contributed by atoms with E-state index in [0.29, 0.717) is 56.8 Å². The van der Waals surface area contributed by atoms with Crippen LogP contribution in [0, 0.1) is 0 Å². The molecule has 2 aromatic carbocycles. The lowest BCUT2D eigenvalue weighted by Crippen LogP contribution is -2.40. The van der Waals surface area contributed by atoms with E-state index in [4.69, 9.17) is 23.7 Å². The number of ether oxygens (including phenoxy) is 5. The SMILES string of the molecule is CCOC(=O)C1=C(C)N=c2s/c(=C/c3ccc(OCC)c(OC)c3)c(=O)n2[C@@H]1c1cccc(OC)c1OCC. The van der Waals surface area contributed by atoms with Crippen LogP contribution in [-0.2, 0) is 9.53 Å². The molecule has 0 bridgehead atoms. The Labute approximate surface area is 230 Å². The van der Waals surface area contributed by atoms with E-state index >= 15 is 0 Å². The summed E-state index contributed by atoms with van der Waals surface area (Å²) in [7, 11) is 3.12. The molecule has 0 fully saturated rings. The summed E-state index contributed by atoms with van der Waals surface area (Å²) in [4.78, 5) is 32.3. The van der Waals surface area contributed by atoms with Crippen LogP contribution in [0.5, 0.6) is 23.0 Å². The number of nitrogens with zero attached hydrogens (tertiary/aromatic N) is 2. The van der Waals surface area contributed by atoms with Gasteiger partial charge in [0.15, 0.2) is 27.8 Å². The highest BCUT2D eigenvalue weighted by Gasteiger charge is 2.36. The van der Waals surface area contributed by atoms with Gasteiger partial charge in [-0.15, -0.1) is 0 Å². The molecule has 0 radical (unpaired) electrons. The van der Waals surface area contributed by atoms with Crippen molar-refractivity contribution in [2.45, 2.75) is 33.7 Å². The van der Waals surface area contributed by atoms with Crippen LogP contribution in [0.2, 0.25) is 0 Å². The predicted molar refractivity (Wildman–Crippen MR) is 149 cm³/mol. The van der Waals surface area contributed by atoms with Gasteiger partial charge in [0, 0.05) is 5.56 Å². The highest BCUT2D eigenvalue weighted by atomic mass is 32.1. The van der Waals surface area contributed by atoms with Crippen molar-refractivity contribution >= 4 is 23.4 Å². The molecule has 0 unspecified atom stereocenters. The van der Waals surface area contributed by atoms with Crippen LogP contribution in [0.3, 0.4) is 0 Å². The van der Waals surface area contributed by atoms with Gasteiger partial charge in [-0.2, -0.15) is 0 Å². The number of para-hydroxylation sites is 1. The Kier molecular flexibility index (Phi) is 8.75. The Hall–Kier alpha value is -4.05. The number of aromatic nitrogens is 1. The van der Waals surface area contributed by atoms with E-state index in [9.17, 15) is 9.59 Å². The minimum absolute atomic E-state index is 0.183. The number of allylic oxidation sites excluding steroid dienone is 1. The zero-order valence-electron chi connectivity index (χ0n) is 22.9. The minimum atomic E-state index is -0.825. The van der Waals surface area contributed by atoms with Gasteiger partial charge in [-0.05, 0) is 57.5 Å². The zero-order chi connectivity index (χ0) is 28.1. The molecule has 9 nitrogen and oxygen atoms in total. The molecule has 0 saturated heterocycles. The van der Waals surface area contributed by atoms with Crippen molar-refractivity contribution in [2.24, 2.45) is 4.99 Å². The maximum Gasteiger partial charge on any atom is 0.338 e. The highest BCUT2D eigenvalue weighted by Crippen LogP contribution is 2.40. The Morgan fingerprint density at radius 3 is 2.41 bits per heavy atom. The molecule has 39 heavy (non-hydrogen) atoms. The first-order valence-corrected chi connectivity index (χ1v) is 13.5. The second-order valence-corrected chi connectivity index (χ2v) is 9.47. The fourth-order valence-corrected chi connectivity index (χ4v) is 5.54. The quantitative estimate of drug-likeness (QED) is 0.355. The van der Waals surface area contributed by atoms with Gasteiger partial charge < -0.3 is 23.7 Å². The van der Waals surface area contributed by atoms with Crippen molar-refractivity contribution in [3.63, 3.8) is 0 Å². The summed E-state index contributed by atoms with van der Waals surface area (Å²) in [5.74, 6) is 1.59. The van der Waals surface area contributed by atoms with Crippen LogP contribution in [0.1, 0.15) is 44.9 Å². The zero-order valence-corrected chi connectivity index (χ0v) is 23.7. The van der Waals surface area contributed by atoms with Crippen LogP contribution < -0.4 is 33.8 Å². The lowest BCUT2D eigenvalue weighted by atomic mass is 9.94. The molecule has 0 amide bonds. The molecule has 0 aliphatic carbocycles. The summed E-state index contributed by atoms with van der Waals surface area (Å²) in [6, 6.07) is 10.1. The summed E-state index contributed by atoms with van der Waals surface area (Å²) in [6.45, 7) is 8.30.